The highest BCUT2D eigenvalue weighted by Gasteiger charge is 2.62. The zero-order valence-corrected chi connectivity index (χ0v) is 17.2. The Bertz CT molecular complexity index is 975. The summed E-state index contributed by atoms with van der Waals surface area (Å²) in [6, 6.07) is 14.4. The number of aliphatic hydroxyl groups is 2. The molecule has 1 unspecified atom stereocenters. The average Bonchev–Trinajstić information content (AvgIpc) is 2.74. The van der Waals surface area contributed by atoms with E-state index < -0.39 is 48.0 Å². The number of alkyl halides is 3. The maximum atomic E-state index is 13.6. The third kappa shape index (κ3) is 3.64. The first kappa shape index (κ1) is 21.8. The van der Waals surface area contributed by atoms with E-state index in [9.17, 15) is 28.2 Å². The number of hydrogen-bond donors (Lipinski definition) is 2. The molecule has 2 aliphatic rings. The molecule has 4 rings (SSSR count). The molecule has 4 nitrogen and oxygen atoms in total. The number of carbonyl (C=O) groups is 1. The van der Waals surface area contributed by atoms with Crippen LogP contribution in [0.4, 0.5) is 13.2 Å². The first-order valence-electron chi connectivity index (χ1n) is 10.3. The smallest absolute Gasteiger partial charge is 0.417 e. The van der Waals surface area contributed by atoms with Crippen molar-refractivity contribution in [3.63, 3.8) is 0 Å². The van der Waals surface area contributed by atoms with Gasteiger partial charge in [-0.3, -0.25) is 0 Å². The molecule has 166 valence electrons. The molecule has 2 aromatic carbocycles. The van der Waals surface area contributed by atoms with Gasteiger partial charge in [0.1, 0.15) is 0 Å². The van der Waals surface area contributed by atoms with Gasteiger partial charge in [-0.25, -0.2) is 4.79 Å². The van der Waals surface area contributed by atoms with Gasteiger partial charge in [0.25, 0.3) is 0 Å². The minimum atomic E-state index is -4.73. The number of ether oxygens (including phenoxy) is 1. The van der Waals surface area contributed by atoms with Crippen LogP contribution in [0.3, 0.4) is 0 Å². The van der Waals surface area contributed by atoms with E-state index in [-0.39, 0.29) is 18.4 Å². The van der Waals surface area contributed by atoms with Crippen LogP contribution in [0.2, 0.25) is 0 Å². The monoisotopic (exact) mass is 434 g/mol. The molecule has 0 heterocycles. The molecule has 0 aliphatic heterocycles. The maximum absolute atomic E-state index is 13.6. The van der Waals surface area contributed by atoms with E-state index in [0.717, 1.165) is 11.1 Å². The van der Waals surface area contributed by atoms with Crippen molar-refractivity contribution < 1.29 is 32.9 Å². The average molecular weight is 434 g/mol. The Morgan fingerprint density at radius 1 is 1.16 bits per heavy atom. The largest absolute Gasteiger partial charge is 0.465 e. The van der Waals surface area contributed by atoms with Crippen molar-refractivity contribution in [3.05, 3.63) is 70.8 Å². The molecule has 2 N–H and O–H groups in total. The second kappa shape index (κ2) is 7.64. The molecule has 2 aromatic rings. The van der Waals surface area contributed by atoms with Crippen molar-refractivity contribution in [1.82, 2.24) is 0 Å². The zero-order valence-electron chi connectivity index (χ0n) is 17.2. The van der Waals surface area contributed by atoms with Crippen LogP contribution < -0.4 is 0 Å². The van der Waals surface area contributed by atoms with Crippen molar-refractivity contribution in [2.24, 2.45) is 5.92 Å². The van der Waals surface area contributed by atoms with Crippen molar-refractivity contribution in [2.45, 2.75) is 55.4 Å². The summed E-state index contributed by atoms with van der Waals surface area (Å²) < 4.78 is 45.7. The Hall–Kier alpha value is -2.38. The Kier molecular flexibility index (Phi) is 5.38. The summed E-state index contributed by atoms with van der Waals surface area (Å²) in [5.74, 6) is -1.11. The van der Waals surface area contributed by atoms with Crippen molar-refractivity contribution in [3.8, 4) is 0 Å². The number of hydrogen-bond acceptors (Lipinski definition) is 4. The highest BCUT2D eigenvalue weighted by Crippen LogP contribution is 2.59. The highest BCUT2D eigenvalue weighted by atomic mass is 19.4. The second-order valence-electron chi connectivity index (χ2n) is 8.79. The molecule has 4 atom stereocenters. The van der Waals surface area contributed by atoms with Gasteiger partial charge in [-0.2, -0.15) is 13.2 Å². The lowest BCUT2D eigenvalue weighted by Gasteiger charge is -2.54. The van der Waals surface area contributed by atoms with Crippen LogP contribution in [0.15, 0.2) is 48.5 Å². The lowest BCUT2D eigenvalue weighted by atomic mass is 9.52. The fourth-order valence-electron chi connectivity index (χ4n) is 5.48. The lowest BCUT2D eigenvalue weighted by Crippen LogP contribution is -2.57. The van der Waals surface area contributed by atoms with Gasteiger partial charge in [0.2, 0.25) is 0 Å². The number of halogens is 3. The molecule has 0 aromatic heterocycles. The van der Waals surface area contributed by atoms with Gasteiger partial charge in [0.15, 0.2) is 5.60 Å². The number of esters is 1. The summed E-state index contributed by atoms with van der Waals surface area (Å²) in [5.41, 5.74) is -0.881. The van der Waals surface area contributed by atoms with Gasteiger partial charge in [0, 0.05) is 5.41 Å². The standard InChI is InChI=1S/C24H25F3O4/c1-31-21(29)16-7-8-19-18(11-16)20(28)12-17-14-23(30,24(25,26)27)10-9-22(17,19)13-15-5-3-2-4-6-15/h2-8,11,17,20,28,30H,9-10,12-14H2,1H3/t17-,20?,22+,23-/m1/s1. The molecular formula is C24H25F3O4. The number of rotatable bonds is 3. The number of benzene rings is 2. The summed E-state index contributed by atoms with van der Waals surface area (Å²) in [7, 11) is 1.27. The van der Waals surface area contributed by atoms with E-state index in [4.69, 9.17) is 4.74 Å². The predicted octanol–water partition coefficient (Wildman–Crippen LogP) is 4.48. The van der Waals surface area contributed by atoms with Gasteiger partial charge < -0.3 is 14.9 Å². The van der Waals surface area contributed by atoms with E-state index in [1.54, 1.807) is 18.2 Å². The van der Waals surface area contributed by atoms with Crippen molar-refractivity contribution >= 4 is 5.97 Å². The van der Waals surface area contributed by atoms with E-state index in [2.05, 4.69) is 0 Å². The fraction of sp³-hybridized carbons (Fsp3) is 0.458. The van der Waals surface area contributed by atoms with E-state index in [1.807, 2.05) is 30.3 Å². The summed E-state index contributed by atoms with van der Waals surface area (Å²) in [4.78, 5) is 12.0. The van der Waals surface area contributed by atoms with Crippen molar-refractivity contribution in [2.75, 3.05) is 7.11 Å². The number of aliphatic hydroxyl groups excluding tert-OH is 1. The minimum absolute atomic E-state index is 0.0862. The molecule has 0 amide bonds. The molecule has 2 aliphatic carbocycles. The van der Waals surface area contributed by atoms with Crippen LogP contribution in [0.25, 0.3) is 0 Å². The first-order chi connectivity index (χ1) is 14.6. The fourth-order valence-corrected chi connectivity index (χ4v) is 5.48. The molecule has 31 heavy (non-hydrogen) atoms. The van der Waals surface area contributed by atoms with Crippen LogP contribution in [0.1, 0.15) is 58.8 Å². The van der Waals surface area contributed by atoms with Gasteiger partial charge in [-0.15, -0.1) is 0 Å². The predicted molar refractivity (Wildman–Crippen MR) is 108 cm³/mol. The molecule has 7 heteroatoms. The molecule has 1 saturated carbocycles. The summed E-state index contributed by atoms with van der Waals surface area (Å²) >= 11 is 0. The van der Waals surface area contributed by atoms with Gasteiger partial charge in [-0.05, 0) is 66.8 Å². The third-order valence-corrected chi connectivity index (χ3v) is 7.12. The van der Waals surface area contributed by atoms with E-state index in [0.29, 0.717) is 12.0 Å². The number of fused-ring (bicyclic) bond motifs is 3. The Morgan fingerprint density at radius 3 is 2.52 bits per heavy atom. The van der Waals surface area contributed by atoms with Gasteiger partial charge in [-0.1, -0.05) is 36.4 Å². The Balaban J connectivity index is 1.83. The number of methoxy groups -OCH3 is 1. The Morgan fingerprint density at radius 2 is 1.87 bits per heavy atom. The summed E-state index contributed by atoms with van der Waals surface area (Å²) in [6.45, 7) is 0. The molecule has 0 spiro atoms. The normalized spacial score (nSPS) is 30.3. The van der Waals surface area contributed by atoms with Crippen LogP contribution in [-0.4, -0.2) is 35.1 Å². The second-order valence-corrected chi connectivity index (χ2v) is 8.79. The van der Waals surface area contributed by atoms with Crippen molar-refractivity contribution in [1.29, 1.82) is 0 Å². The maximum Gasteiger partial charge on any atom is 0.417 e. The molecule has 0 radical (unpaired) electrons. The lowest BCUT2D eigenvalue weighted by molar-refractivity contribution is -0.280. The highest BCUT2D eigenvalue weighted by molar-refractivity contribution is 5.89. The Labute approximate surface area is 178 Å². The molecule has 0 bridgehead atoms. The van der Waals surface area contributed by atoms with Crippen LogP contribution >= 0.6 is 0 Å². The molecule has 0 saturated heterocycles. The summed E-state index contributed by atoms with van der Waals surface area (Å²) in [5, 5.41) is 21.3. The molecule has 1 fully saturated rings. The SMILES string of the molecule is COC(=O)c1ccc2c(c1)C(O)C[C@@H]1C[C@@](O)(C(F)(F)F)CC[C@@]21Cc1ccccc1. The number of carbonyl (C=O) groups excluding carboxylic acids is 1. The van der Waals surface area contributed by atoms with Gasteiger partial charge >= 0.3 is 12.1 Å². The van der Waals surface area contributed by atoms with E-state index in [1.165, 1.54) is 7.11 Å². The van der Waals surface area contributed by atoms with E-state index >= 15 is 0 Å². The van der Waals surface area contributed by atoms with Gasteiger partial charge in [0.05, 0.1) is 18.8 Å². The minimum Gasteiger partial charge on any atom is -0.465 e. The summed E-state index contributed by atoms with van der Waals surface area (Å²) in [6.07, 6.45) is -5.92. The zero-order chi connectivity index (χ0) is 22.4. The van der Waals surface area contributed by atoms with Crippen LogP contribution in [0, 0.1) is 5.92 Å². The quantitative estimate of drug-likeness (QED) is 0.699. The molecular weight excluding hydrogens is 409 g/mol. The van der Waals surface area contributed by atoms with Crippen LogP contribution in [0.5, 0.6) is 0 Å². The van der Waals surface area contributed by atoms with Crippen LogP contribution in [-0.2, 0) is 16.6 Å². The first-order valence-corrected chi connectivity index (χ1v) is 10.3. The topological polar surface area (TPSA) is 66.8 Å². The third-order valence-electron chi connectivity index (χ3n) is 7.12.